The van der Waals surface area contributed by atoms with Crippen LogP contribution in [0.15, 0.2) is 41.4 Å². The standard InChI is InChI=1S/C21H25ClN4O4S/c1-13(2)10-18(21(28)24-20-7-4-16(22)12-23-20)25-31(29,30)17-5-6-19-15(11-17)8-9-26(19)14(3)27/h4-7,11-13,18,25H,8-10H2,1-3H3,(H,23,24,28). The predicted octanol–water partition coefficient (Wildman–Crippen LogP) is 2.98. The molecule has 0 radical (unpaired) electrons. The molecule has 2 aromatic rings. The van der Waals surface area contributed by atoms with Gasteiger partial charge in [-0.1, -0.05) is 25.4 Å². The van der Waals surface area contributed by atoms with E-state index in [1.54, 1.807) is 29.2 Å². The van der Waals surface area contributed by atoms with Crippen molar-refractivity contribution in [2.45, 2.75) is 44.6 Å². The number of hydrogen-bond donors (Lipinski definition) is 2. The van der Waals surface area contributed by atoms with Crippen LogP contribution in [0.4, 0.5) is 11.5 Å². The van der Waals surface area contributed by atoms with Gasteiger partial charge in [-0.2, -0.15) is 4.72 Å². The van der Waals surface area contributed by atoms with Crippen LogP contribution in [0.25, 0.3) is 0 Å². The Balaban J connectivity index is 1.81. The fourth-order valence-corrected chi connectivity index (χ4v) is 4.84. The van der Waals surface area contributed by atoms with E-state index in [0.29, 0.717) is 24.4 Å². The Kier molecular flexibility index (Phi) is 6.98. The first-order valence-corrected chi connectivity index (χ1v) is 11.8. The van der Waals surface area contributed by atoms with Crippen molar-refractivity contribution in [1.82, 2.24) is 9.71 Å². The molecule has 1 aliphatic rings. The van der Waals surface area contributed by atoms with Crippen LogP contribution in [-0.4, -0.2) is 37.8 Å². The molecule has 3 rings (SSSR count). The molecular weight excluding hydrogens is 440 g/mol. The number of anilines is 2. The van der Waals surface area contributed by atoms with Crippen molar-refractivity contribution in [2.75, 3.05) is 16.8 Å². The average molecular weight is 465 g/mol. The van der Waals surface area contributed by atoms with E-state index in [2.05, 4.69) is 15.0 Å². The van der Waals surface area contributed by atoms with Gasteiger partial charge in [0, 0.05) is 25.4 Å². The topological polar surface area (TPSA) is 108 Å². The normalized spacial score (nSPS) is 14.4. The first kappa shape index (κ1) is 23.2. The van der Waals surface area contributed by atoms with E-state index in [1.165, 1.54) is 19.2 Å². The number of pyridine rings is 1. The molecule has 1 atom stereocenters. The molecule has 10 heteroatoms. The van der Waals surface area contributed by atoms with Gasteiger partial charge in [0.1, 0.15) is 11.9 Å². The van der Waals surface area contributed by atoms with Gasteiger partial charge in [0.25, 0.3) is 0 Å². The number of carbonyl (C=O) groups is 2. The highest BCUT2D eigenvalue weighted by Gasteiger charge is 2.29. The summed E-state index contributed by atoms with van der Waals surface area (Å²) in [7, 11) is -3.96. The number of nitrogens with zero attached hydrogens (tertiary/aromatic N) is 2. The molecule has 166 valence electrons. The minimum Gasteiger partial charge on any atom is -0.312 e. The van der Waals surface area contributed by atoms with E-state index in [1.807, 2.05) is 13.8 Å². The number of nitrogens with one attached hydrogen (secondary N) is 2. The second-order valence-electron chi connectivity index (χ2n) is 7.87. The minimum absolute atomic E-state index is 0.0582. The second kappa shape index (κ2) is 9.33. The highest BCUT2D eigenvalue weighted by molar-refractivity contribution is 7.89. The molecule has 2 amide bonds. The van der Waals surface area contributed by atoms with E-state index < -0.39 is 22.0 Å². The molecule has 1 aliphatic heterocycles. The summed E-state index contributed by atoms with van der Waals surface area (Å²) in [6, 6.07) is 6.79. The third kappa shape index (κ3) is 5.61. The number of halogens is 1. The van der Waals surface area contributed by atoms with Crippen molar-refractivity contribution in [3.8, 4) is 0 Å². The molecule has 1 aromatic heterocycles. The monoisotopic (exact) mass is 464 g/mol. The van der Waals surface area contributed by atoms with E-state index in [0.717, 1.165) is 11.3 Å². The number of rotatable bonds is 7. The lowest BCUT2D eigenvalue weighted by atomic mass is 10.0. The highest BCUT2D eigenvalue weighted by Crippen LogP contribution is 2.30. The summed E-state index contributed by atoms with van der Waals surface area (Å²) in [5, 5.41) is 3.06. The van der Waals surface area contributed by atoms with E-state index in [-0.39, 0.29) is 22.5 Å². The predicted molar refractivity (Wildman–Crippen MR) is 120 cm³/mol. The van der Waals surface area contributed by atoms with Crippen LogP contribution in [0.1, 0.15) is 32.8 Å². The average Bonchev–Trinajstić information content (AvgIpc) is 3.12. The lowest BCUT2D eigenvalue weighted by molar-refractivity contribution is -0.118. The molecule has 2 N–H and O–H groups in total. The minimum atomic E-state index is -3.96. The Hall–Kier alpha value is -2.49. The fraction of sp³-hybridized carbons (Fsp3) is 0.381. The molecule has 0 bridgehead atoms. The lowest BCUT2D eigenvalue weighted by Gasteiger charge is -2.20. The van der Waals surface area contributed by atoms with Crippen LogP contribution in [0, 0.1) is 5.92 Å². The van der Waals surface area contributed by atoms with Crippen molar-refractivity contribution >= 4 is 44.9 Å². The van der Waals surface area contributed by atoms with Crippen LogP contribution in [0.5, 0.6) is 0 Å². The number of carbonyl (C=O) groups excluding carboxylic acids is 2. The number of aromatic nitrogens is 1. The molecule has 1 aromatic carbocycles. The Bertz CT molecular complexity index is 1090. The van der Waals surface area contributed by atoms with Crippen LogP contribution in [0.3, 0.4) is 0 Å². The molecular formula is C21H25ClN4O4S. The molecule has 0 saturated carbocycles. The zero-order valence-corrected chi connectivity index (χ0v) is 19.1. The quantitative estimate of drug-likeness (QED) is 0.654. The summed E-state index contributed by atoms with van der Waals surface area (Å²) in [6.45, 7) is 5.81. The molecule has 8 nitrogen and oxygen atoms in total. The van der Waals surface area contributed by atoms with Gasteiger partial charge < -0.3 is 10.2 Å². The molecule has 31 heavy (non-hydrogen) atoms. The van der Waals surface area contributed by atoms with Crippen molar-refractivity contribution in [3.63, 3.8) is 0 Å². The van der Waals surface area contributed by atoms with Crippen LogP contribution in [0.2, 0.25) is 5.02 Å². The molecule has 1 unspecified atom stereocenters. The van der Waals surface area contributed by atoms with Crippen LogP contribution in [-0.2, 0) is 26.0 Å². The Morgan fingerprint density at radius 2 is 1.97 bits per heavy atom. The summed E-state index contributed by atoms with van der Waals surface area (Å²) < 4.78 is 28.6. The summed E-state index contributed by atoms with van der Waals surface area (Å²) in [5.74, 6) is -0.238. The zero-order chi connectivity index (χ0) is 22.8. The third-order valence-corrected chi connectivity index (χ3v) is 6.63. The van der Waals surface area contributed by atoms with Crippen LogP contribution >= 0.6 is 11.6 Å². The highest BCUT2D eigenvalue weighted by atomic mass is 35.5. The SMILES string of the molecule is CC(=O)N1CCc2cc(S(=O)(=O)NC(CC(C)C)C(=O)Nc3ccc(Cl)cn3)ccc21. The molecule has 2 heterocycles. The molecule has 0 saturated heterocycles. The van der Waals surface area contributed by atoms with Gasteiger partial charge in [0.2, 0.25) is 21.8 Å². The summed E-state index contributed by atoms with van der Waals surface area (Å²) in [5.41, 5.74) is 1.50. The number of benzene rings is 1. The third-order valence-electron chi connectivity index (χ3n) is 4.94. The summed E-state index contributed by atoms with van der Waals surface area (Å²) >= 11 is 5.81. The van der Waals surface area contributed by atoms with Gasteiger partial charge in [-0.25, -0.2) is 13.4 Å². The van der Waals surface area contributed by atoms with Crippen molar-refractivity contribution in [3.05, 3.63) is 47.1 Å². The fourth-order valence-electron chi connectivity index (χ4n) is 3.47. The summed E-state index contributed by atoms with van der Waals surface area (Å²) in [4.78, 5) is 30.2. The number of fused-ring (bicyclic) bond motifs is 1. The second-order valence-corrected chi connectivity index (χ2v) is 10.0. The first-order valence-electron chi connectivity index (χ1n) is 9.92. The zero-order valence-electron chi connectivity index (χ0n) is 17.6. The van der Waals surface area contributed by atoms with E-state index in [9.17, 15) is 18.0 Å². The maximum absolute atomic E-state index is 13.0. The maximum Gasteiger partial charge on any atom is 0.243 e. The van der Waals surface area contributed by atoms with Crippen molar-refractivity contribution < 1.29 is 18.0 Å². The lowest BCUT2D eigenvalue weighted by Crippen LogP contribution is -2.44. The number of amides is 2. The van der Waals surface area contributed by atoms with Gasteiger partial charge in [-0.15, -0.1) is 0 Å². The Morgan fingerprint density at radius 1 is 1.23 bits per heavy atom. The maximum atomic E-state index is 13.0. The van der Waals surface area contributed by atoms with Gasteiger partial charge >= 0.3 is 0 Å². The van der Waals surface area contributed by atoms with E-state index in [4.69, 9.17) is 11.6 Å². The van der Waals surface area contributed by atoms with E-state index >= 15 is 0 Å². The molecule has 0 aliphatic carbocycles. The molecule has 0 spiro atoms. The van der Waals surface area contributed by atoms with Gasteiger partial charge in [0.15, 0.2) is 0 Å². The van der Waals surface area contributed by atoms with Gasteiger partial charge in [-0.3, -0.25) is 9.59 Å². The molecule has 0 fully saturated rings. The van der Waals surface area contributed by atoms with Gasteiger partial charge in [-0.05, 0) is 54.7 Å². The Morgan fingerprint density at radius 3 is 2.58 bits per heavy atom. The number of sulfonamides is 1. The smallest absolute Gasteiger partial charge is 0.243 e. The van der Waals surface area contributed by atoms with Crippen LogP contribution < -0.4 is 14.9 Å². The van der Waals surface area contributed by atoms with Crippen molar-refractivity contribution in [1.29, 1.82) is 0 Å². The summed E-state index contributed by atoms with van der Waals surface area (Å²) in [6.07, 6.45) is 2.28. The first-order chi connectivity index (χ1) is 14.6. The Labute approximate surface area is 187 Å². The van der Waals surface area contributed by atoms with Gasteiger partial charge in [0.05, 0.1) is 9.92 Å². The largest absolute Gasteiger partial charge is 0.312 e. The van der Waals surface area contributed by atoms with Crippen molar-refractivity contribution in [2.24, 2.45) is 5.92 Å². The number of hydrogen-bond acceptors (Lipinski definition) is 5.